The minimum atomic E-state index is -0.880. The number of halogens is 1. The first kappa shape index (κ1) is 13.8. The predicted octanol–water partition coefficient (Wildman–Crippen LogP) is 0.980. The highest BCUT2D eigenvalue weighted by Crippen LogP contribution is 2.16. The molecule has 1 aromatic carbocycles. The quantitative estimate of drug-likeness (QED) is 0.659. The molecule has 0 aliphatic carbocycles. The molecule has 1 aliphatic rings. The Morgan fingerprint density at radius 3 is 3.00 bits per heavy atom. The Morgan fingerprint density at radius 1 is 1.58 bits per heavy atom. The molecule has 1 saturated heterocycles. The molecule has 19 heavy (non-hydrogen) atoms. The summed E-state index contributed by atoms with van der Waals surface area (Å²) in [4.78, 5) is 11.7. The third kappa shape index (κ3) is 3.65. The highest BCUT2D eigenvalue weighted by atomic mass is 19.1. The van der Waals surface area contributed by atoms with Gasteiger partial charge in [-0.3, -0.25) is 0 Å². The average molecular weight is 267 g/mol. The van der Waals surface area contributed by atoms with E-state index in [4.69, 9.17) is 0 Å². The molecule has 0 spiro atoms. The highest BCUT2D eigenvalue weighted by molar-refractivity contribution is 5.90. The fourth-order valence-electron chi connectivity index (χ4n) is 2.06. The second-order valence-electron chi connectivity index (χ2n) is 4.92. The van der Waals surface area contributed by atoms with E-state index in [-0.39, 0.29) is 12.4 Å². The molecule has 0 radical (unpaired) electrons. The van der Waals surface area contributed by atoms with Gasteiger partial charge in [0.15, 0.2) is 0 Å². The van der Waals surface area contributed by atoms with E-state index in [0.717, 1.165) is 6.54 Å². The summed E-state index contributed by atoms with van der Waals surface area (Å²) in [6, 6.07) is 3.74. The van der Waals surface area contributed by atoms with Crippen LogP contribution in [-0.2, 0) is 0 Å². The van der Waals surface area contributed by atoms with Gasteiger partial charge in [-0.15, -0.1) is 0 Å². The van der Waals surface area contributed by atoms with Gasteiger partial charge >= 0.3 is 6.03 Å². The van der Waals surface area contributed by atoms with Crippen LogP contribution in [0.3, 0.4) is 0 Å². The number of benzene rings is 1. The van der Waals surface area contributed by atoms with Crippen LogP contribution in [0.15, 0.2) is 18.2 Å². The van der Waals surface area contributed by atoms with Crippen molar-refractivity contribution in [1.82, 2.24) is 10.6 Å². The number of anilines is 1. The van der Waals surface area contributed by atoms with Crippen LogP contribution in [0, 0.1) is 12.7 Å². The van der Waals surface area contributed by atoms with E-state index in [0.29, 0.717) is 24.2 Å². The Kier molecular flexibility index (Phi) is 4.01. The summed E-state index contributed by atoms with van der Waals surface area (Å²) >= 11 is 0. The molecule has 104 valence electrons. The molecule has 2 amide bonds. The zero-order valence-electron chi connectivity index (χ0n) is 10.8. The Bertz CT molecular complexity index is 473. The standard InChI is InChI=1S/C13H18FN3O2/c1-9-6-10(14)2-3-11(9)17-12(18)16-8-13(19)4-5-15-7-13/h2-3,6,15,19H,4-5,7-8H2,1H3,(H2,16,17,18)/t13-/m1/s1. The number of amides is 2. The first-order valence-electron chi connectivity index (χ1n) is 6.23. The maximum Gasteiger partial charge on any atom is 0.319 e. The Morgan fingerprint density at radius 2 is 2.37 bits per heavy atom. The third-order valence-electron chi connectivity index (χ3n) is 3.24. The predicted molar refractivity (Wildman–Crippen MR) is 70.6 cm³/mol. The van der Waals surface area contributed by atoms with E-state index >= 15 is 0 Å². The van der Waals surface area contributed by atoms with Gasteiger partial charge in [-0.1, -0.05) is 0 Å². The number of aryl methyl sites for hydroxylation is 1. The zero-order valence-corrected chi connectivity index (χ0v) is 10.8. The largest absolute Gasteiger partial charge is 0.387 e. The van der Waals surface area contributed by atoms with E-state index in [1.807, 2.05) is 0 Å². The number of carbonyl (C=O) groups excluding carboxylic acids is 1. The van der Waals surface area contributed by atoms with Crippen LogP contribution < -0.4 is 16.0 Å². The van der Waals surface area contributed by atoms with Crippen LogP contribution in [0.25, 0.3) is 0 Å². The van der Waals surface area contributed by atoms with Crippen LogP contribution in [0.4, 0.5) is 14.9 Å². The van der Waals surface area contributed by atoms with Crippen molar-refractivity contribution in [3.05, 3.63) is 29.6 Å². The lowest BCUT2D eigenvalue weighted by atomic mass is 10.0. The van der Waals surface area contributed by atoms with Gasteiger partial charge in [0.25, 0.3) is 0 Å². The van der Waals surface area contributed by atoms with Gasteiger partial charge in [-0.05, 0) is 43.7 Å². The minimum Gasteiger partial charge on any atom is -0.387 e. The van der Waals surface area contributed by atoms with Gasteiger partial charge < -0.3 is 21.1 Å². The maximum atomic E-state index is 12.9. The van der Waals surface area contributed by atoms with Crippen molar-refractivity contribution < 1.29 is 14.3 Å². The van der Waals surface area contributed by atoms with Crippen LogP contribution in [0.2, 0.25) is 0 Å². The van der Waals surface area contributed by atoms with Crippen LogP contribution in [0.1, 0.15) is 12.0 Å². The molecule has 0 bridgehead atoms. The SMILES string of the molecule is Cc1cc(F)ccc1NC(=O)NC[C@@]1(O)CCNC1. The van der Waals surface area contributed by atoms with Gasteiger partial charge in [-0.25, -0.2) is 9.18 Å². The van der Waals surface area contributed by atoms with Crippen LogP contribution in [-0.4, -0.2) is 36.4 Å². The molecule has 2 rings (SSSR count). The van der Waals surface area contributed by atoms with Gasteiger partial charge in [0, 0.05) is 18.8 Å². The fraction of sp³-hybridized carbons (Fsp3) is 0.462. The third-order valence-corrected chi connectivity index (χ3v) is 3.24. The fourth-order valence-corrected chi connectivity index (χ4v) is 2.06. The van der Waals surface area contributed by atoms with E-state index in [1.54, 1.807) is 6.92 Å². The zero-order chi connectivity index (χ0) is 13.9. The molecule has 5 nitrogen and oxygen atoms in total. The average Bonchev–Trinajstić information content (AvgIpc) is 2.78. The number of rotatable bonds is 3. The summed E-state index contributed by atoms with van der Waals surface area (Å²) < 4.78 is 12.9. The maximum absolute atomic E-state index is 12.9. The second-order valence-corrected chi connectivity index (χ2v) is 4.92. The Hall–Kier alpha value is -1.66. The monoisotopic (exact) mass is 267 g/mol. The van der Waals surface area contributed by atoms with Crippen molar-refractivity contribution in [3.63, 3.8) is 0 Å². The molecule has 1 aromatic rings. The lowest BCUT2D eigenvalue weighted by molar-refractivity contribution is 0.0640. The smallest absolute Gasteiger partial charge is 0.319 e. The van der Waals surface area contributed by atoms with Crippen molar-refractivity contribution >= 4 is 11.7 Å². The van der Waals surface area contributed by atoms with Gasteiger partial charge in [0.1, 0.15) is 5.82 Å². The molecular formula is C13H18FN3O2. The normalized spacial score (nSPS) is 22.3. The van der Waals surface area contributed by atoms with Crippen molar-refractivity contribution in [2.75, 3.05) is 25.0 Å². The van der Waals surface area contributed by atoms with E-state index < -0.39 is 11.6 Å². The summed E-state index contributed by atoms with van der Waals surface area (Å²) in [5, 5.41) is 18.3. The lowest BCUT2D eigenvalue weighted by Gasteiger charge is -2.21. The van der Waals surface area contributed by atoms with Crippen LogP contribution in [0.5, 0.6) is 0 Å². The van der Waals surface area contributed by atoms with E-state index in [1.165, 1.54) is 18.2 Å². The van der Waals surface area contributed by atoms with Crippen molar-refractivity contribution in [2.24, 2.45) is 0 Å². The van der Waals surface area contributed by atoms with Crippen LogP contribution >= 0.6 is 0 Å². The summed E-state index contributed by atoms with van der Waals surface area (Å²) in [5.41, 5.74) is 0.321. The lowest BCUT2D eigenvalue weighted by Crippen LogP contribution is -2.45. The summed E-state index contributed by atoms with van der Waals surface area (Å²) in [7, 11) is 0. The van der Waals surface area contributed by atoms with Gasteiger partial charge in [0.05, 0.1) is 5.60 Å². The minimum absolute atomic E-state index is 0.187. The number of hydrogen-bond donors (Lipinski definition) is 4. The second kappa shape index (κ2) is 5.54. The number of nitrogens with one attached hydrogen (secondary N) is 3. The first-order valence-corrected chi connectivity index (χ1v) is 6.23. The number of hydrogen-bond acceptors (Lipinski definition) is 3. The number of carbonyl (C=O) groups is 1. The molecule has 0 aromatic heterocycles. The van der Waals surface area contributed by atoms with Gasteiger partial charge in [0.2, 0.25) is 0 Å². The Labute approximate surface area is 111 Å². The number of urea groups is 1. The van der Waals surface area contributed by atoms with E-state index in [9.17, 15) is 14.3 Å². The summed E-state index contributed by atoms with van der Waals surface area (Å²) in [6.45, 7) is 3.12. The number of β-amino-alcohol motifs (C(OH)–C–C–N with tert-alkyl or cyclic N) is 1. The van der Waals surface area contributed by atoms with Crippen molar-refractivity contribution in [2.45, 2.75) is 18.9 Å². The highest BCUT2D eigenvalue weighted by Gasteiger charge is 2.31. The summed E-state index contributed by atoms with van der Waals surface area (Å²) in [6.07, 6.45) is 0.614. The summed E-state index contributed by atoms with van der Waals surface area (Å²) in [5.74, 6) is -0.338. The molecule has 0 saturated carbocycles. The molecule has 6 heteroatoms. The molecule has 1 fully saturated rings. The molecule has 4 N–H and O–H groups in total. The topological polar surface area (TPSA) is 73.4 Å². The Balaban J connectivity index is 1.87. The molecule has 1 atom stereocenters. The molecular weight excluding hydrogens is 249 g/mol. The molecule has 0 unspecified atom stereocenters. The molecule has 1 heterocycles. The van der Waals surface area contributed by atoms with E-state index in [2.05, 4.69) is 16.0 Å². The van der Waals surface area contributed by atoms with Crippen molar-refractivity contribution in [1.29, 1.82) is 0 Å². The molecule has 1 aliphatic heterocycles. The first-order chi connectivity index (χ1) is 8.98. The van der Waals surface area contributed by atoms with Gasteiger partial charge in [-0.2, -0.15) is 0 Å². The van der Waals surface area contributed by atoms with Crippen molar-refractivity contribution in [3.8, 4) is 0 Å². The number of aliphatic hydroxyl groups is 1.